The molecule has 2 amide bonds. The molecule has 5 heteroatoms. The van der Waals surface area contributed by atoms with Crippen LogP contribution >= 0.6 is 0 Å². The third kappa shape index (κ3) is 4.52. The van der Waals surface area contributed by atoms with Gasteiger partial charge in [-0.05, 0) is 51.0 Å². The van der Waals surface area contributed by atoms with Gasteiger partial charge in [0.05, 0.1) is 12.0 Å². The molecule has 1 N–H and O–H groups in total. The van der Waals surface area contributed by atoms with Crippen LogP contribution in [0.15, 0.2) is 24.3 Å². The number of amides is 2. The van der Waals surface area contributed by atoms with Gasteiger partial charge < -0.3 is 15.0 Å². The zero-order chi connectivity index (χ0) is 18.9. The summed E-state index contributed by atoms with van der Waals surface area (Å²) >= 11 is 0. The van der Waals surface area contributed by atoms with Crippen molar-refractivity contribution in [2.24, 2.45) is 5.92 Å². The Kier molecular flexibility index (Phi) is 5.22. The molecule has 1 atom stereocenters. The van der Waals surface area contributed by atoms with Gasteiger partial charge in [0.2, 0.25) is 11.8 Å². The predicted octanol–water partition coefficient (Wildman–Crippen LogP) is 2.60. The zero-order valence-corrected chi connectivity index (χ0v) is 16.2. The van der Waals surface area contributed by atoms with Gasteiger partial charge in [-0.2, -0.15) is 0 Å². The van der Waals surface area contributed by atoms with Gasteiger partial charge in [0, 0.05) is 31.7 Å². The zero-order valence-electron chi connectivity index (χ0n) is 16.2. The molecule has 4 rings (SSSR count). The molecule has 1 aliphatic carbocycles. The quantitative estimate of drug-likeness (QED) is 0.886. The van der Waals surface area contributed by atoms with Crippen LogP contribution in [-0.4, -0.2) is 48.1 Å². The number of hydrogen-bond acceptors (Lipinski definition) is 3. The van der Waals surface area contributed by atoms with Crippen LogP contribution in [0.5, 0.6) is 0 Å². The summed E-state index contributed by atoms with van der Waals surface area (Å²) in [6, 6.07) is 8.41. The standard InChI is InChI=1S/C22H30N2O3/c1-16-2-4-17(5-3-16)14-20(25)24-11-9-22(10-12-24)15-19(8-13-27-22)23-21(26)18-6-7-18/h2-5,18-19H,6-15H2,1H3,(H,23,26). The molecule has 2 saturated heterocycles. The number of nitrogens with one attached hydrogen (secondary N) is 1. The third-order valence-electron chi connectivity index (χ3n) is 6.29. The minimum atomic E-state index is -0.166. The molecule has 0 bridgehead atoms. The van der Waals surface area contributed by atoms with Gasteiger partial charge in [0.15, 0.2) is 0 Å². The number of rotatable bonds is 4. The van der Waals surface area contributed by atoms with E-state index in [0.29, 0.717) is 13.0 Å². The summed E-state index contributed by atoms with van der Waals surface area (Å²) in [5.41, 5.74) is 2.12. The molecular formula is C22H30N2O3. The number of carbonyl (C=O) groups is 2. The van der Waals surface area contributed by atoms with Crippen molar-refractivity contribution >= 4 is 11.8 Å². The van der Waals surface area contributed by atoms with E-state index in [0.717, 1.165) is 57.2 Å². The summed E-state index contributed by atoms with van der Waals surface area (Å²) in [5, 5.41) is 3.22. The second-order valence-corrected chi connectivity index (χ2v) is 8.55. The van der Waals surface area contributed by atoms with Gasteiger partial charge in [-0.3, -0.25) is 9.59 Å². The molecule has 0 radical (unpaired) electrons. The van der Waals surface area contributed by atoms with Crippen molar-refractivity contribution in [2.75, 3.05) is 19.7 Å². The van der Waals surface area contributed by atoms with Gasteiger partial charge >= 0.3 is 0 Å². The lowest BCUT2D eigenvalue weighted by Crippen LogP contribution is -2.54. The molecule has 1 spiro atoms. The lowest BCUT2D eigenvalue weighted by atomic mass is 9.82. The summed E-state index contributed by atoms with van der Waals surface area (Å²) in [6.07, 6.45) is 6.05. The van der Waals surface area contributed by atoms with Crippen LogP contribution in [0.1, 0.15) is 49.7 Å². The first-order valence-corrected chi connectivity index (χ1v) is 10.3. The number of likely N-dealkylation sites (tertiary alicyclic amines) is 1. The van der Waals surface area contributed by atoms with Gasteiger partial charge in [-0.15, -0.1) is 0 Å². The maximum atomic E-state index is 12.6. The monoisotopic (exact) mass is 370 g/mol. The number of nitrogens with zero attached hydrogens (tertiary/aromatic N) is 1. The molecular weight excluding hydrogens is 340 g/mol. The van der Waals surface area contributed by atoms with E-state index >= 15 is 0 Å². The van der Waals surface area contributed by atoms with E-state index < -0.39 is 0 Å². The van der Waals surface area contributed by atoms with Gasteiger partial charge in [-0.25, -0.2) is 0 Å². The van der Waals surface area contributed by atoms with Gasteiger partial charge in [0.1, 0.15) is 0 Å². The molecule has 1 aromatic carbocycles. The first kappa shape index (κ1) is 18.5. The van der Waals surface area contributed by atoms with Crippen molar-refractivity contribution in [3.05, 3.63) is 35.4 Å². The molecule has 3 aliphatic rings. The molecule has 5 nitrogen and oxygen atoms in total. The van der Waals surface area contributed by atoms with Crippen molar-refractivity contribution in [3.8, 4) is 0 Å². The van der Waals surface area contributed by atoms with E-state index in [9.17, 15) is 9.59 Å². The maximum absolute atomic E-state index is 12.6. The molecule has 0 aromatic heterocycles. The fraction of sp³-hybridized carbons (Fsp3) is 0.636. The van der Waals surface area contributed by atoms with E-state index in [4.69, 9.17) is 4.74 Å². The van der Waals surface area contributed by atoms with E-state index in [1.54, 1.807) is 0 Å². The van der Waals surface area contributed by atoms with Crippen molar-refractivity contribution in [1.29, 1.82) is 0 Å². The van der Waals surface area contributed by atoms with E-state index in [1.807, 2.05) is 17.0 Å². The van der Waals surface area contributed by atoms with E-state index in [1.165, 1.54) is 5.56 Å². The highest BCUT2D eigenvalue weighted by atomic mass is 16.5. The van der Waals surface area contributed by atoms with E-state index in [2.05, 4.69) is 24.4 Å². The van der Waals surface area contributed by atoms with Crippen molar-refractivity contribution < 1.29 is 14.3 Å². The number of hydrogen-bond donors (Lipinski definition) is 1. The highest BCUT2D eigenvalue weighted by Gasteiger charge is 2.42. The Bertz CT molecular complexity index is 688. The Hall–Kier alpha value is -1.88. The summed E-state index contributed by atoms with van der Waals surface area (Å²) in [7, 11) is 0. The number of aryl methyl sites for hydroxylation is 1. The Balaban J connectivity index is 1.28. The van der Waals surface area contributed by atoms with Crippen LogP contribution in [-0.2, 0) is 20.7 Å². The fourth-order valence-corrected chi connectivity index (χ4v) is 4.32. The van der Waals surface area contributed by atoms with E-state index in [-0.39, 0.29) is 29.4 Å². The first-order chi connectivity index (χ1) is 13.0. The molecule has 1 saturated carbocycles. The molecule has 1 aromatic rings. The summed E-state index contributed by atoms with van der Waals surface area (Å²) in [5.74, 6) is 0.677. The van der Waals surface area contributed by atoms with Crippen LogP contribution in [0.3, 0.4) is 0 Å². The number of piperidine rings is 1. The normalized spacial score (nSPS) is 24.6. The molecule has 1 unspecified atom stereocenters. The minimum absolute atomic E-state index is 0.166. The number of benzene rings is 1. The summed E-state index contributed by atoms with van der Waals surface area (Å²) in [6.45, 7) is 4.25. The maximum Gasteiger partial charge on any atom is 0.226 e. The van der Waals surface area contributed by atoms with Crippen LogP contribution in [0, 0.1) is 12.8 Å². The minimum Gasteiger partial charge on any atom is -0.375 e. The molecule has 2 heterocycles. The smallest absolute Gasteiger partial charge is 0.226 e. The number of ether oxygens (including phenoxy) is 1. The predicted molar refractivity (Wildman–Crippen MR) is 103 cm³/mol. The third-order valence-corrected chi connectivity index (χ3v) is 6.29. The summed E-state index contributed by atoms with van der Waals surface area (Å²) in [4.78, 5) is 26.7. The van der Waals surface area contributed by atoms with Crippen molar-refractivity contribution in [2.45, 2.75) is 63.5 Å². The van der Waals surface area contributed by atoms with Gasteiger partial charge in [0.25, 0.3) is 0 Å². The summed E-state index contributed by atoms with van der Waals surface area (Å²) < 4.78 is 6.16. The largest absolute Gasteiger partial charge is 0.375 e. The second kappa shape index (κ2) is 7.63. The lowest BCUT2D eigenvalue weighted by molar-refractivity contribution is -0.145. The van der Waals surface area contributed by atoms with Gasteiger partial charge in [-0.1, -0.05) is 29.8 Å². The van der Waals surface area contributed by atoms with Crippen LogP contribution in [0.4, 0.5) is 0 Å². The fourth-order valence-electron chi connectivity index (χ4n) is 4.32. The first-order valence-electron chi connectivity index (χ1n) is 10.3. The number of carbonyl (C=O) groups excluding carboxylic acids is 2. The Labute approximate surface area is 161 Å². The SMILES string of the molecule is Cc1ccc(CC(=O)N2CCC3(CC2)CC(NC(=O)C2CC2)CCO3)cc1. The van der Waals surface area contributed by atoms with Crippen molar-refractivity contribution in [1.82, 2.24) is 10.2 Å². The Morgan fingerprint density at radius 2 is 1.85 bits per heavy atom. The van der Waals surface area contributed by atoms with Crippen molar-refractivity contribution in [3.63, 3.8) is 0 Å². The molecule has 3 fully saturated rings. The average Bonchev–Trinajstić information content (AvgIpc) is 3.50. The lowest BCUT2D eigenvalue weighted by Gasteiger charge is -2.46. The highest BCUT2D eigenvalue weighted by Crippen LogP contribution is 2.36. The molecule has 27 heavy (non-hydrogen) atoms. The second-order valence-electron chi connectivity index (χ2n) is 8.55. The Morgan fingerprint density at radius 3 is 2.52 bits per heavy atom. The van der Waals surface area contributed by atoms with Crippen LogP contribution in [0.25, 0.3) is 0 Å². The average molecular weight is 370 g/mol. The highest BCUT2D eigenvalue weighted by molar-refractivity contribution is 5.81. The van der Waals surface area contributed by atoms with Crippen LogP contribution in [0.2, 0.25) is 0 Å². The molecule has 2 aliphatic heterocycles. The van der Waals surface area contributed by atoms with Crippen LogP contribution < -0.4 is 5.32 Å². The molecule has 146 valence electrons. The Morgan fingerprint density at radius 1 is 1.15 bits per heavy atom. The topological polar surface area (TPSA) is 58.6 Å².